The van der Waals surface area contributed by atoms with E-state index in [9.17, 15) is 5.11 Å². The first-order chi connectivity index (χ1) is 12.6. The smallest absolute Gasteiger partial charge is 0.157 e. The summed E-state index contributed by atoms with van der Waals surface area (Å²) in [6.07, 6.45) is 1.17. The van der Waals surface area contributed by atoms with Crippen molar-refractivity contribution < 1.29 is 14.8 Å². The van der Waals surface area contributed by atoms with Crippen LogP contribution in [0.3, 0.4) is 0 Å². The van der Waals surface area contributed by atoms with Crippen LogP contribution in [-0.4, -0.2) is 22.3 Å². The van der Waals surface area contributed by atoms with Gasteiger partial charge in [0, 0.05) is 31.9 Å². The molecule has 0 amide bonds. The highest BCUT2D eigenvalue weighted by atomic mass is 35.5. The molecule has 0 bridgehead atoms. The van der Waals surface area contributed by atoms with Gasteiger partial charge in [-0.3, -0.25) is 0 Å². The Morgan fingerprint density at radius 2 is 1.65 bits per heavy atom. The highest BCUT2D eigenvalue weighted by Gasteiger charge is 2.15. The van der Waals surface area contributed by atoms with Gasteiger partial charge in [-0.2, -0.15) is 0 Å². The lowest BCUT2D eigenvalue weighted by atomic mass is 10.1. The van der Waals surface area contributed by atoms with Crippen molar-refractivity contribution in [2.24, 2.45) is 0 Å². The number of aliphatic hydroxyl groups excluding tert-OH is 1. The summed E-state index contributed by atoms with van der Waals surface area (Å²) in [5, 5.41) is 16.0. The first kappa shape index (κ1) is 17.4. The minimum Gasteiger partial charge on any atom is -0.463 e. The van der Waals surface area contributed by atoms with Crippen LogP contribution in [0.25, 0.3) is 21.8 Å². The van der Waals surface area contributed by atoms with E-state index in [0.717, 1.165) is 27.6 Å². The molecule has 0 radical (unpaired) electrons. The molecule has 0 aliphatic heterocycles. The van der Waals surface area contributed by atoms with Crippen molar-refractivity contribution in [3.63, 3.8) is 0 Å². The third-order valence-corrected chi connectivity index (χ3v) is 5.02. The zero-order valence-corrected chi connectivity index (χ0v) is 15.5. The van der Waals surface area contributed by atoms with Gasteiger partial charge in [0.25, 0.3) is 0 Å². The van der Waals surface area contributed by atoms with Crippen LogP contribution >= 0.6 is 23.2 Å². The van der Waals surface area contributed by atoms with Crippen LogP contribution in [0.5, 0.6) is 0 Å². The molecule has 4 rings (SSSR count). The van der Waals surface area contributed by atoms with E-state index in [1.807, 2.05) is 53.8 Å². The van der Waals surface area contributed by atoms with E-state index in [0.29, 0.717) is 29.7 Å². The molecule has 0 aliphatic carbocycles. The average molecular weight is 390 g/mol. The molecule has 2 aromatic heterocycles. The fourth-order valence-electron chi connectivity index (χ4n) is 3.38. The molecule has 0 saturated carbocycles. The van der Waals surface area contributed by atoms with E-state index in [1.165, 1.54) is 0 Å². The summed E-state index contributed by atoms with van der Waals surface area (Å²) < 4.78 is 7.44. The fourth-order valence-corrected chi connectivity index (χ4v) is 3.72. The summed E-state index contributed by atoms with van der Waals surface area (Å²) in [5.41, 5.74) is 2.08. The Balaban J connectivity index is 1.60. The van der Waals surface area contributed by atoms with Gasteiger partial charge in [0.1, 0.15) is 19.2 Å². The normalized spacial score (nSPS) is 12.9. The van der Waals surface area contributed by atoms with Gasteiger partial charge < -0.3 is 19.4 Å². The number of hydrogen-bond donors (Lipinski definition) is 2. The predicted octanol–water partition coefficient (Wildman–Crippen LogP) is 3.82. The summed E-state index contributed by atoms with van der Waals surface area (Å²) in [5.74, 6) is 0.901. The van der Waals surface area contributed by atoms with E-state index in [-0.39, 0.29) is 0 Å². The van der Waals surface area contributed by atoms with Crippen LogP contribution < -0.4 is 5.32 Å². The van der Waals surface area contributed by atoms with Crippen molar-refractivity contribution in [2.75, 3.05) is 6.54 Å². The number of furan rings is 1. The fraction of sp³-hybridized carbons (Fsp3) is 0.200. The third kappa shape index (κ3) is 3.46. The second-order valence-corrected chi connectivity index (χ2v) is 7.27. The van der Waals surface area contributed by atoms with Crippen LogP contribution in [0.2, 0.25) is 10.0 Å². The number of benzene rings is 2. The van der Waals surface area contributed by atoms with Crippen molar-refractivity contribution >= 4 is 45.0 Å². The molecule has 4 aromatic rings. The molecule has 4 nitrogen and oxygen atoms in total. The topological polar surface area (TPSA) is 54.9 Å². The number of fused-ring (bicyclic) bond motifs is 3. The number of aromatic nitrogens is 1. The summed E-state index contributed by atoms with van der Waals surface area (Å²) in [7, 11) is 0. The Kier molecular flexibility index (Phi) is 4.92. The van der Waals surface area contributed by atoms with Crippen molar-refractivity contribution in [2.45, 2.75) is 19.2 Å². The molecule has 134 valence electrons. The maximum Gasteiger partial charge on any atom is 0.157 e. The van der Waals surface area contributed by atoms with Crippen molar-refractivity contribution in [3.05, 3.63) is 70.6 Å². The van der Waals surface area contributed by atoms with Gasteiger partial charge in [0.05, 0.1) is 12.8 Å². The second kappa shape index (κ2) is 7.33. The van der Waals surface area contributed by atoms with Crippen LogP contribution in [0.15, 0.2) is 59.2 Å². The van der Waals surface area contributed by atoms with Crippen molar-refractivity contribution in [1.29, 1.82) is 0 Å². The molecule has 0 aliphatic rings. The minimum atomic E-state index is -0.491. The molecule has 0 spiro atoms. The van der Waals surface area contributed by atoms with E-state index in [4.69, 9.17) is 27.6 Å². The lowest BCUT2D eigenvalue weighted by Gasteiger charge is -2.13. The molecule has 2 aromatic carbocycles. The van der Waals surface area contributed by atoms with Crippen LogP contribution in [0.4, 0.5) is 0 Å². The molecule has 0 unspecified atom stereocenters. The number of rotatable bonds is 6. The van der Waals surface area contributed by atoms with E-state index in [1.54, 1.807) is 6.26 Å². The maximum absolute atomic E-state index is 10.5. The molecule has 3 N–H and O–H groups in total. The second-order valence-electron chi connectivity index (χ2n) is 6.40. The monoisotopic (exact) mass is 389 g/mol. The van der Waals surface area contributed by atoms with E-state index in [2.05, 4.69) is 4.57 Å². The summed E-state index contributed by atoms with van der Waals surface area (Å²) in [6, 6.07) is 15.4. The lowest BCUT2D eigenvalue weighted by Crippen LogP contribution is -2.85. The Bertz CT molecular complexity index is 982. The first-order valence-electron chi connectivity index (χ1n) is 8.51. The molecule has 26 heavy (non-hydrogen) atoms. The predicted molar refractivity (Wildman–Crippen MR) is 105 cm³/mol. The van der Waals surface area contributed by atoms with Crippen LogP contribution in [-0.2, 0) is 13.1 Å². The molecule has 2 heterocycles. The molecule has 0 saturated heterocycles. The first-order valence-corrected chi connectivity index (χ1v) is 9.26. The standard InChI is InChI=1S/C20H18Cl2N2O2/c21-13-3-5-19-17(8-13)18-9-14(22)4-6-20(18)24(19)12-15(25)10-23-11-16-2-1-7-26-16/h1-9,15,23,25H,10-12H2/p+1/t15-/m1/s1. The Labute approximate surface area is 160 Å². The van der Waals surface area contributed by atoms with Gasteiger partial charge in [-0.15, -0.1) is 0 Å². The van der Waals surface area contributed by atoms with Crippen molar-refractivity contribution in [1.82, 2.24) is 4.57 Å². The highest BCUT2D eigenvalue weighted by molar-refractivity contribution is 6.33. The third-order valence-electron chi connectivity index (χ3n) is 4.55. The van der Waals surface area contributed by atoms with Crippen molar-refractivity contribution in [3.8, 4) is 0 Å². The van der Waals surface area contributed by atoms with Gasteiger partial charge >= 0.3 is 0 Å². The van der Waals surface area contributed by atoms with Crippen LogP contribution in [0.1, 0.15) is 5.76 Å². The SMILES string of the molecule is O[C@H](C[NH2+]Cc1ccco1)Cn1c2ccc(Cl)cc2c2cc(Cl)ccc21. The molecular weight excluding hydrogens is 371 g/mol. The number of nitrogens with zero attached hydrogens (tertiary/aromatic N) is 1. The molecule has 6 heteroatoms. The lowest BCUT2D eigenvalue weighted by molar-refractivity contribution is -0.678. The van der Waals surface area contributed by atoms with Gasteiger partial charge in [-0.25, -0.2) is 0 Å². The zero-order valence-electron chi connectivity index (χ0n) is 14.0. The Morgan fingerprint density at radius 3 is 2.23 bits per heavy atom. The number of halogens is 2. The zero-order chi connectivity index (χ0) is 18.1. The largest absolute Gasteiger partial charge is 0.463 e. The number of hydrogen-bond acceptors (Lipinski definition) is 2. The molecule has 1 atom stereocenters. The van der Waals surface area contributed by atoms with Gasteiger partial charge in [-0.1, -0.05) is 23.2 Å². The van der Waals surface area contributed by atoms with E-state index >= 15 is 0 Å². The van der Waals surface area contributed by atoms with Gasteiger partial charge in [0.15, 0.2) is 5.76 Å². The number of quaternary nitrogens is 1. The summed E-state index contributed by atoms with van der Waals surface area (Å²) in [6.45, 7) is 1.80. The Hall–Kier alpha value is -1.98. The summed E-state index contributed by atoms with van der Waals surface area (Å²) in [4.78, 5) is 0. The highest BCUT2D eigenvalue weighted by Crippen LogP contribution is 2.32. The summed E-state index contributed by atoms with van der Waals surface area (Å²) >= 11 is 12.4. The number of nitrogens with two attached hydrogens (primary N) is 1. The van der Waals surface area contributed by atoms with Gasteiger partial charge in [0.2, 0.25) is 0 Å². The number of aliphatic hydroxyl groups is 1. The van der Waals surface area contributed by atoms with Gasteiger partial charge in [-0.05, 0) is 48.5 Å². The quantitative estimate of drug-likeness (QED) is 0.526. The minimum absolute atomic E-state index is 0.491. The Morgan fingerprint density at radius 1 is 1.00 bits per heavy atom. The average Bonchev–Trinajstić information content (AvgIpc) is 3.22. The van der Waals surface area contributed by atoms with E-state index < -0.39 is 6.10 Å². The van der Waals surface area contributed by atoms with Crippen LogP contribution in [0, 0.1) is 0 Å². The maximum atomic E-state index is 10.5. The molecular formula is C20H19Cl2N2O2+. The molecule has 0 fully saturated rings.